The molecule has 0 spiro atoms. The first-order valence-corrected chi connectivity index (χ1v) is 49.2. The minimum Gasteiger partial charge on any atom is -0.311 e. The number of nitrogens with zero attached hydrogens (tertiary/aromatic N) is 6. The van der Waals surface area contributed by atoms with Gasteiger partial charge in [-0.25, -0.2) is 0 Å². The number of para-hydroxylation sites is 6. The van der Waals surface area contributed by atoms with E-state index in [4.69, 9.17) is 0 Å². The smallest absolute Gasteiger partial charge is 0.0546 e. The molecule has 6 nitrogen and oxygen atoms in total. The maximum Gasteiger partial charge on any atom is 0.0546 e. The van der Waals surface area contributed by atoms with Gasteiger partial charge in [-0.15, -0.1) is 0 Å². The number of hydrogen-bond donors (Lipinski definition) is 0. The van der Waals surface area contributed by atoms with Crippen molar-refractivity contribution in [2.45, 2.75) is 0 Å². The lowest BCUT2D eigenvalue weighted by Crippen LogP contribution is -2.14. The Morgan fingerprint density at radius 1 is 0.0833 bits per heavy atom. The summed E-state index contributed by atoms with van der Waals surface area (Å²) in [5, 5.41) is 14.5. The second-order valence-corrected chi connectivity index (χ2v) is 36.3. The average Bonchev–Trinajstić information content (AvgIpc) is 0.680. The van der Waals surface area contributed by atoms with Crippen LogP contribution in [-0.2, 0) is 0 Å². The highest BCUT2D eigenvalue weighted by Crippen LogP contribution is 2.52. The molecule has 0 N–H and O–H groups in total. The second kappa shape index (κ2) is 39.8. The summed E-state index contributed by atoms with van der Waals surface area (Å²) in [5.74, 6) is 0. The number of benzene rings is 25. The first-order chi connectivity index (χ1) is 71.4. The van der Waals surface area contributed by atoms with E-state index in [0.29, 0.717) is 0 Å². The van der Waals surface area contributed by atoms with Crippen LogP contribution in [0.2, 0.25) is 0 Å². The van der Waals surface area contributed by atoms with Crippen molar-refractivity contribution in [3.05, 3.63) is 595 Å². The molecule has 0 aliphatic heterocycles. The van der Waals surface area contributed by atoms with Gasteiger partial charge in [-0.2, -0.15) is 0 Å². The molecule has 25 aromatic carbocycles. The summed E-state index contributed by atoms with van der Waals surface area (Å²) in [7, 11) is 0. The van der Waals surface area contributed by atoms with E-state index >= 15 is 0 Å². The molecule has 0 saturated heterocycles. The van der Waals surface area contributed by atoms with Crippen LogP contribution in [0.25, 0.3) is 120 Å². The van der Waals surface area contributed by atoms with E-state index in [0.717, 1.165) is 125 Å². The molecule has 0 fully saturated rings. The van der Waals surface area contributed by atoms with Gasteiger partial charge in [0.1, 0.15) is 0 Å². The normalized spacial score (nSPS) is 11.2. The van der Waals surface area contributed by atoms with Gasteiger partial charge in [0.05, 0.1) is 17.1 Å². The molecule has 0 aliphatic carbocycles. The van der Waals surface area contributed by atoms with Crippen LogP contribution in [0, 0.1) is 0 Å². The third kappa shape index (κ3) is 17.7. The van der Waals surface area contributed by atoms with E-state index < -0.39 is 0 Å². The molecule has 6 heteroatoms. The highest BCUT2D eigenvalue weighted by Gasteiger charge is 2.28. The summed E-state index contributed by atoms with van der Waals surface area (Å²) in [6.45, 7) is 0. The fourth-order valence-corrected chi connectivity index (χ4v) is 20.7. The van der Waals surface area contributed by atoms with E-state index in [-0.39, 0.29) is 0 Å². The average molecular weight is 1840 g/mol. The van der Waals surface area contributed by atoms with E-state index in [1.54, 1.807) is 0 Å². The zero-order valence-electron chi connectivity index (χ0n) is 79.3. The maximum absolute atomic E-state index is 2.46. The first-order valence-electron chi connectivity index (χ1n) is 49.2. The fourth-order valence-electron chi connectivity index (χ4n) is 20.7. The van der Waals surface area contributed by atoms with Crippen LogP contribution in [-0.4, -0.2) is 0 Å². The van der Waals surface area contributed by atoms with Crippen LogP contribution in [0.4, 0.5) is 102 Å². The van der Waals surface area contributed by atoms with Gasteiger partial charge >= 0.3 is 0 Å². The third-order valence-electron chi connectivity index (χ3n) is 27.5. The fraction of sp³-hybridized carbons (Fsp3) is 0. The maximum atomic E-state index is 2.46. The van der Waals surface area contributed by atoms with Crippen LogP contribution >= 0.6 is 0 Å². The zero-order valence-corrected chi connectivity index (χ0v) is 79.3. The van der Waals surface area contributed by atoms with E-state index in [2.05, 4.69) is 624 Å². The van der Waals surface area contributed by atoms with Gasteiger partial charge in [0.15, 0.2) is 0 Å². The van der Waals surface area contributed by atoms with Crippen LogP contribution in [0.1, 0.15) is 0 Å². The summed E-state index contributed by atoms with van der Waals surface area (Å²) < 4.78 is 0. The molecule has 680 valence electrons. The van der Waals surface area contributed by atoms with E-state index in [1.807, 2.05) is 0 Å². The molecule has 0 radical (unpaired) electrons. The lowest BCUT2D eigenvalue weighted by Gasteiger charge is -2.32. The van der Waals surface area contributed by atoms with Gasteiger partial charge in [0, 0.05) is 101 Å². The van der Waals surface area contributed by atoms with Gasteiger partial charge in [0.25, 0.3) is 0 Å². The van der Waals surface area contributed by atoms with Crippen molar-refractivity contribution in [2.24, 2.45) is 0 Å². The van der Waals surface area contributed by atoms with Crippen molar-refractivity contribution in [2.75, 3.05) is 29.4 Å². The van der Waals surface area contributed by atoms with Crippen molar-refractivity contribution in [3.8, 4) is 55.6 Å². The van der Waals surface area contributed by atoms with Crippen LogP contribution in [0.3, 0.4) is 0 Å². The van der Waals surface area contributed by atoms with Crippen molar-refractivity contribution < 1.29 is 0 Å². The van der Waals surface area contributed by atoms with Gasteiger partial charge in [-0.1, -0.05) is 406 Å². The largest absolute Gasteiger partial charge is 0.311 e. The van der Waals surface area contributed by atoms with Crippen molar-refractivity contribution in [1.29, 1.82) is 0 Å². The van der Waals surface area contributed by atoms with Crippen molar-refractivity contribution in [3.63, 3.8) is 0 Å². The lowest BCUT2D eigenvalue weighted by molar-refractivity contribution is 1.25. The first kappa shape index (κ1) is 87.6. The highest BCUT2D eigenvalue weighted by molar-refractivity contribution is 6.18. The standard InChI is InChI=1S/C72H49N3.C66H49N3/c1-4-25-55(26-5-1)73(70-46-51-22-10-13-31-61(51)64-34-16-19-37-67(64)70)58-42-40-50(41-43-58)54-44-59(74(56-27-6-2-7-28-56)71-47-52-23-11-14-32-62(52)65-35-17-20-38-68(65)71)49-60(45-54)75(57-29-8-3-9-30-57)72-48-53-24-12-15-33-63(53)66-36-18-21-39-69(66)72;1-7-19-50(20-8-1)53-31-39-61(40-32-53)67(58-25-13-4-14-26-58)62-45-37-56(38-46-62)57-47-65(68(59-27-15-5-16-28-59)63-41-33-54(34-42-63)51-21-9-2-10-22-51)49-66(48-57)69(60-29-17-6-18-30-60)64-43-35-55(36-44-64)52-23-11-3-12-24-52/h1-49H;1-49H. The molecule has 25 rings (SSSR count). The molecule has 0 aliphatic rings. The predicted molar refractivity (Wildman–Crippen MR) is 613 cm³/mol. The summed E-state index contributed by atoms with van der Waals surface area (Å²) in [5.41, 5.74) is 30.8. The molecule has 0 saturated carbocycles. The third-order valence-corrected chi connectivity index (χ3v) is 27.5. The SMILES string of the molecule is c1ccc(-c2ccc(N(c3ccccc3)c3ccc(-c4cc(N(c5ccccc5)c5ccc(-c6ccccc6)cc5)cc(N(c5ccccc5)c5ccc(-c6ccccc6)cc5)c4)cc3)cc2)cc1.c1ccc(N(c2ccc(-c3cc(N(c4ccccc4)c4cc5ccccc5c5ccccc45)cc(N(c4ccccc4)c4cc5ccccc5c5ccccc45)c3)cc2)c2cc3ccccc3c3ccccc23)cc1. The predicted octanol–water partition coefficient (Wildman–Crippen LogP) is 39.4. The molecule has 0 heterocycles. The van der Waals surface area contributed by atoms with Gasteiger partial charge in [0.2, 0.25) is 0 Å². The lowest BCUT2D eigenvalue weighted by atomic mass is 9.97. The zero-order chi connectivity index (χ0) is 95.9. The Kier molecular flexibility index (Phi) is 24.2. The summed E-state index contributed by atoms with van der Waals surface area (Å²) in [6, 6.07) is 215. The van der Waals surface area contributed by atoms with Crippen LogP contribution in [0.5, 0.6) is 0 Å². The molecule has 0 unspecified atom stereocenters. The second-order valence-electron chi connectivity index (χ2n) is 36.3. The topological polar surface area (TPSA) is 19.4 Å². The Hall–Kier alpha value is -19.1. The highest BCUT2D eigenvalue weighted by atomic mass is 15.2. The Labute approximate surface area is 840 Å². The van der Waals surface area contributed by atoms with E-state index in [1.165, 1.54) is 98.0 Å². The number of hydrogen-bond acceptors (Lipinski definition) is 6. The minimum absolute atomic E-state index is 1.04. The monoisotopic (exact) mass is 1840 g/mol. The molecule has 0 bridgehead atoms. The molecule has 144 heavy (non-hydrogen) atoms. The molecular weight excluding hydrogens is 1740 g/mol. The van der Waals surface area contributed by atoms with E-state index in [9.17, 15) is 0 Å². The van der Waals surface area contributed by atoms with Crippen LogP contribution < -0.4 is 29.4 Å². The number of fused-ring (bicyclic) bond motifs is 9. The number of rotatable bonds is 23. The molecule has 0 amide bonds. The van der Waals surface area contributed by atoms with Crippen LogP contribution in [0.15, 0.2) is 595 Å². The van der Waals surface area contributed by atoms with Gasteiger partial charge in [-0.05, 0) is 292 Å². The number of anilines is 18. The Bertz CT molecular complexity index is 8490. The molecule has 25 aromatic rings. The van der Waals surface area contributed by atoms with Gasteiger partial charge in [-0.3, -0.25) is 0 Å². The quantitative estimate of drug-likeness (QED) is 0.0590. The van der Waals surface area contributed by atoms with Gasteiger partial charge < -0.3 is 29.4 Å². The Morgan fingerprint density at radius 3 is 0.479 bits per heavy atom. The minimum atomic E-state index is 1.04. The molecule has 0 aromatic heterocycles. The van der Waals surface area contributed by atoms with Crippen molar-refractivity contribution >= 4 is 167 Å². The summed E-state index contributed by atoms with van der Waals surface area (Å²) >= 11 is 0. The Morgan fingerprint density at radius 2 is 0.236 bits per heavy atom. The van der Waals surface area contributed by atoms with Crippen molar-refractivity contribution in [1.82, 2.24) is 0 Å². The molecule has 0 atom stereocenters. The summed E-state index contributed by atoms with van der Waals surface area (Å²) in [6.07, 6.45) is 0. The Balaban J connectivity index is 0.000000156. The summed E-state index contributed by atoms with van der Waals surface area (Å²) in [4.78, 5) is 14.4. The molecular formula is C138H98N6.